The van der Waals surface area contributed by atoms with E-state index >= 15 is 0 Å². The summed E-state index contributed by atoms with van der Waals surface area (Å²) in [7, 11) is 1.56. The van der Waals surface area contributed by atoms with Gasteiger partial charge in [-0.05, 0) is 31.2 Å². The summed E-state index contributed by atoms with van der Waals surface area (Å²) in [6, 6.07) is 14.5. The molecule has 1 amide bonds. The Labute approximate surface area is 135 Å². The molecule has 0 aliphatic heterocycles. The van der Waals surface area contributed by atoms with Gasteiger partial charge in [-0.15, -0.1) is 0 Å². The van der Waals surface area contributed by atoms with Gasteiger partial charge in [0.05, 0.1) is 12.8 Å². The fourth-order valence-electron chi connectivity index (χ4n) is 2.13. The summed E-state index contributed by atoms with van der Waals surface area (Å²) in [5, 5.41) is 5.96. The van der Waals surface area contributed by atoms with E-state index in [2.05, 4.69) is 10.6 Å². The second-order valence-electron chi connectivity index (χ2n) is 5.06. The maximum Gasteiger partial charge on any atom is 0.226 e. The highest BCUT2D eigenvalue weighted by Gasteiger charge is 2.07. The Morgan fingerprint density at radius 3 is 2.61 bits per heavy atom. The molecule has 0 heterocycles. The minimum absolute atomic E-state index is 0.0163. The standard InChI is InChI=1S/C18H20N2O3/c1-13(21)14-6-5-7-15(12-14)19-11-10-18(22)20-16-8-3-4-9-17(16)23-2/h3-9,12,19H,10-11H2,1-2H3,(H,20,22). The molecule has 0 saturated heterocycles. The Hall–Kier alpha value is -2.82. The van der Waals surface area contributed by atoms with Gasteiger partial charge in [0.15, 0.2) is 5.78 Å². The van der Waals surface area contributed by atoms with Crippen LogP contribution in [0.1, 0.15) is 23.7 Å². The normalized spacial score (nSPS) is 10.0. The molecule has 5 heteroatoms. The third-order valence-electron chi connectivity index (χ3n) is 3.33. The lowest BCUT2D eigenvalue weighted by Crippen LogP contribution is -2.16. The van der Waals surface area contributed by atoms with Gasteiger partial charge in [0, 0.05) is 24.2 Å². The third-order valence-corrected chi connectivity index (χ3v) is 3.33. The zero-order chi connectivity index (χ0) is 16.7. The molecule has 0 atom stereocenters. The van der Waals surface area contributed by atoms with E-state index < -0.39 is 0 Å². The fourth-order valence-corrected chi connectivity index (χ4v) is 2.13. The molecule has 0 unspecified atom stereocenters. The fraction of sp³-hybridized carbons (Fsp3) is 0.222. The number of ketones is 1. The minimum Gasteiger partial charge on any atom is -0.495 e. The summed E-state index contributed by atoms with van der Waals surface area (Å²) in [5.74, 6) is 0.537. The minimum atomic E-state index is -0.107. The SMILES string of the molecule is COc1ccccc1NC(=O)CCNc1cccc(C(C)=O)c1. The molecule has 2 N–H and O–H groups in total. The number of rotatable bonds is 7. The molecule has 23 heavy (non-hydrogen) atoms. The van der Waals surface area contributed by atoms with Crippen LogP contribution in [0.5, 0.6) is 5.75 Å². The van der Waals surface area contributed by atoms with Gasteiger partial charge in [0.2, 0.25) is 5.91 Å². The van der Waals surface area contributed by atoms with Crippen LogP contribution in [0.4, 0.5) is 11.4 Å². The van der Waals surface area contributed by atoms with E-state index in [1.54, 1.807) is 31.4 Å². The zero-order valence-corrected chi connectivity index (χ0v) is 13.3. The molecule has 0 aliphatic rings. The van der Waals surface area contributed by atoms with Crippen LogP contribution in [-0.2, 0) is 4.79 Å². The summed E-state index contributed by atoms with van der Waals surface area (Å²) in [6.45, 7) is 2.00. The molecule has 0 spiro atoms. The lowest BCUT2D eigenvalue weighted by Gasteiger charge is -2.10. The number of hydrogen-bond acceptors (Lipinski definition) is 4. The van der Waals surface area contributed by atoms with Crippen molar-refractivity contribution in [2.75, 3.05) is 24.3 Å². The Balaban J connectivity index is 1.85. The van der Waals surface area contributed by atoms with Gasteiger partial charge in [-0.1, -0.05) is 24.3 Å². The summed E-state index contributed by atoms with van der Waals surface area (Å²) in [6.07, 6.45) is 0.308. The van der Waals surface area contributed by atoms with E-state index in [0.29, 0.717) is 30.0 Å². The molecule has 0 saturated carbocycles. The van der Waals surface area contributed by atoms with Gasteiger partial charge in [0.1, 0.15) is 5.75 Å². The maximum atomic E-state index is 12.0. The van der Waals surface area contributed by atoms with Crippen molar-refractivity contribution in [2.45, 2.75) is 13.3 Å². The van der Waals surface area contributed by atoms with Crippen LogP contribution in [0.15, 0.2) is 48.5 Å². The zero-order valence-electron chi connectivity index (χ0n) is 13.3. The number of carbonyl (C=O) groups is 2. The molecule has 2 aromatic carbocycles. The molecule has 5 nitrogen and oxygen atoms in total. The lowest BCUT2D eigenvalue weighted by molar-refractivity contribution is -0.116. The highest BCUT2D eigenvalue weighted by Crippen LogP contribution is 2.23. The number of para-hydroxylation sites is 2. The van der Waals surface area contributed by atoms with Crippen LogP contribution < -0.4 is 15.4 Å². The quantitative estimate of drug-likeness (QED) is 0.770. The molecule has 2 aromatic rings. The number of carbonyl (C=O) groups excluding carboxylic acids is 2. The van der Waals surface area contributed by atoms with Crippen molar-refractivity contribution >= 4 is 23.1 Å². The van der Waals surface area contributed by atoms with Crippen LogP contribution in [0, 0.1) is 0 Å². The van der Waals surface area contributed by atoms with Crippen LogP contribution in [0.25, 0.3) is 0 Å². The molecule has 0 aliphatic carbocycles. The first-order chi connectivity index (χ1) is 11.1. The van der Waals surface area contributed by atoms with Crippen LogP contribution in [0.2, 0.25) is 0 Å². The van der Waals surface area contributed by atoms with Crippen molar-refractivity contribution in [1.82, 2.24) is 0 Å². The topological polar surface area (TPSA) is 67.4 Å². The Bertz CT molecular complexity index is 698. The largest absolute Gasteiger partial charge is 0.495 e. The van der Waals surface area contributed by atoms with E-state index in [1.807, 2.05) is 24.3 Å². The van der Waals surface area contributed by atoms with E-state index in [4.69, 9.17) is 4.74 Å². The highest BCUT2D eigenvalue weighted by atomic mass is 16.5. The van der Waals surface area contributed by atoms with Crippen molar-refractivity contribution < 1.29 is 14.3 Å². The molecule has 0 fully saturated rings. The van der Waals surface area contributed by atoms with Gasteiger partial charge in [-0.2, -0.15) is 0 Å². The average Bonchev–Trinajstić information content (AvgIpc) is 2.55. The van der Waals surface area contributed by atoms with E-state index in [0.717, 1.165) is 5.69 Å². The number of hydrogen-bond donors (Lipinski definition) is 2. The first-order valence-corrected chi connectivity index (χ1v) is 7.38. The number of Topliss-reactive ketones (excluding diaryl/α,β-unsaturated/α-hetero) is 1. The maximum absolute atomic E-state index is 12.0. The van der Waals surface area contributed by atoms with Gasteiger partial charge in [0.25, 0.3) is 0 Å². The molecular formula is C18H20N2O3. The summed E-state index contributed by atoms with van der Waals surface area (Å²) in [4.78, 5) is 23.3. The molecule has 0 bridgehead atoms. The average molecular weight is 312 g/mol. The highest BCUT2D eigenvalue weighted by molar-refractivity contribution is 5.95. The van der Waals surface area contributed by atoms with Gasteiger partial charge < -0.3 is 15.4 Å². The molecule has 120 valence electrons. The number of methoxy groups -OCH3 is 1. The molecule has 2 rings (SSSR count). The van der Waals surface area contributed by atoms with Crippen LogP contribution in [0.3, 0.4) is 0 Å². The first kappa shape index (κ1) is 16.5. The Morgan fingerprint density at radius 1 is 1.09 bits per heavy atom. The number of nitrogens with one attached hydrogen (secondary N) is 2. The number of ether oxygens (including phenoxy) is 1. The molecular weight excluding hydrogens is 292 g/mol. The summed E-state index contributed by atoms with van der Waals surface area (Å²) < 4.78 is 5.19. The molecule has 0 radical (unpaired) electrons. The summed E-state index contributed by atoms with van der Waals surface area (Å²) in [5.41, 5.74) is 2.12. The van der Waals surface area contributed by atoms with E-state index in [9.17, 15) is 9.59 Å². The van der Waals surface area contributed by atoms with E-state index in [1.165, 1.54) is 6.92 Å². The predicted molar refractivity (Wildman–Crippen MR) is 91.2 cm³/mol. The number of anilines is 2. The monoisotopic (exact) mass is 312 g/mol. The van der Waals surface area contributed by atoms with Gasteiger partial charge in [-0.25, -0.2) is 0 Å². The second kappa shape index (κ2) is 7.98. The van der Waals surface area contributed by atoms with Crippen LogP contribution >= 0.6 is 0 Å². The smallest absolute Gasteiger partial charge is 0.226 e. The Kier molecular flexibility index (Phi) is 5.74. The van der Waals surface area contributed by atoms with Gasteiger partial charge in [-0.3, -0.25) is 9.59 Å². The van der Waals surface area contributed by atoms with Crippen molar-refractivity contribution in [3.8, 4) is 5.75 Å². The second-order valence-corrected chi connectivity index (χ2v) is 5.06. The molecule has 0 aromatic heterocycles. The predicted octanol–water partition coefficient (Wildman–Crippen LogP) is 3.34. The van der Waals surface area contributed by atoms with E-state index in [-0.39, 0.29) is 11.7 Å². The summed E-state index contributed by atoms with van der Waals surface area (Å²) >= 11 is 0. The van der Waals surface area contributed by atoms with Gasteiger partial charge >= 0.3 is 0 Å². The van der Waals surface area contributed by atoms with Crippen molar-refractivity contribution in [2.24, 2.45) is 0 Å². The number of benzene rings is 2. The van der Waals surface area contributed by atoms with Crippen molar-refractivity contribution in [3.05, 3.63) is 54.1 Å². The van der Waals surface area contributed by atoms with Crippen LogP contribution in [-0.4, -0.2) is 25.3 Å². The Morgan fingerprint density at radius 2 is 1.87 bits per heavy atom. The van der Waals surface area contributed by atoms with Crippen molar-refractivity contribution in [1.29, 1.82) is 0 Å². The van der Waals surface area contributed by atoms with Crippen molar-refractivity contribution in [3.63, 3.8) is 0 Å². The first-order valence-electron chi connectivity index (χ1n) is 7.38. The lowest BCUT2D eigenvalue weighted by atomic mass is 10.1. The third kappa shape index (κ3) is 4.85. The number of amides is 1.